The molecule has 2 nitrogen and oxygen atoms in total. The van der Waals surface area contributed by atoms with Gasteiger partial charge in [-0.25, -0.2) is 0 Å². The smallest absolute Gasteiger partial charge is 0.134 e. The molecule has 0 saturated heterocycles. The monoisotopic (exact) mass is 265 g/mol. The molecule has 102 valence electrons. The van der Waals surface area contributed by atoms with E-state index in [2.05, 4.69) is 38.1 Å². The number of hydrogen-bond donors (Lipinski definition) is 1. The number of aryl methyl sites for hydroxylation is 2. The van der Waals surface area contributed by atoms with Crippen molar-refractivity contribution in [3.8, 4) is 0 Å². The highest BCUT2D eigenvalue weighted by Gasteiger charge is 2.14. The molecule has 2 aromatic carbocycles. The van der Waals surface area contributed by atoms with E-state index < -0.39 is 0 Å². The predicted molar refractivity (Wildman–Crippen MR) is 82.8 cm³/mol. The molecule has 1 aromatic heterocycles. The van der Waals surface area contributed by atoms with Gasteiger partial charge < -0.3 is 10.2 Å². The highest BCUT2D eigenvalue weighted by atomic mass is 16.3. The summed E-state index contributed by atoms with van der Waals surface area (Å²) >= 11 is 0. The molecule has 2 N–H and O–H groups in total. The third-order valence-corrected chi connectivity index (χ3v) is 3.85. The van der Waals surface area contributed by atoms with Gasteiger partial charge in [-0.05, 0) is 37.5 Å². The Bertz CT molecular complexity index is 742. The number of hydrogen-bond acceptors (Lipinski definition) is 2. The van der Waals surface area contributed by atoms with Crippen LogP contribution in [0.5, 0.6) is 0 Å². The Morgan fingerprint density at radius 2 is 1.90 bits per heavy atom. The van der Waals surface area contributed by atoms with Crippen LogP contribution in [0.2, 0.25) is 0 Å². The van der Waals surface area contributed by atoms with Crippen molar-refractivity contribution in [3.63, 3.8) is 0 Å². The van der Waals surface area contributed by atoms with E-state index in [4.69, 9.17) is 10.2 Å². The van der Waals surface area contributed by atoms with E-state index in [9.17, 15) is 0 Å². The van der Waals surface area contributed by atoms with Crippen molar-refractivity contribution < 1.29 is 4.42 Å². The van der Waals surface area contributed by atoms with Crippen LogP contribution in [-0.2, 0) is 6.42 Å². The Kier molecular flexibility index (Phi) is 3.33. The van der Waals surface area contributed by atoms with Crippen LogP contribution < -0.4 is 5.73 Å². The first-order valence-corrected chi connectivity index (χ1v) is 6.93. The largest absolute Gasteiger partial charge is 0.464 e. The van der Waals surface area contributed by atoms with E-state index in [0.717, 1.165) is 23.0 Å². The molecule has 0 radical (unpaired) electrons. The second-order valence-electron chi connectivity index (χ2n) is 5.43. The predicted octanol–water partition coefficient (Wildman–Crippen LogP) is 4.29. The molecule has 20 heavy (non-hydrogen) atoms. The normalized spacial score (nSPS) is 12.8. The molecule has 0 fully saturated rings. The molecule has 3 aromatic rings. The third-order valence-electron chi connectivity index (χ3n) is 3.85. The van der Waals surface area contributed by atoms with Crippen molar-refractivity contribution >= 4 is 11.0 Å². The lowest BCUT2D eigenvalue weighted by molar-refractivity contribution is 0.599. The first kappa shape index (κ1) is 12.9. The van der Waals surface area contributed by atoms with Gasteiger partial charge >= 0.3 is 0 Å². The Morgan fingerprint density at radius 1 is 1.10 bits per heavy atom. The van der Waals surface area contributed by atoms with Gasteiger partial charge in [-0.1, -0.05) is 42.0 Å². The number of rotatable bonds is 3. The molecular weight excluding hydrogens is 246 g/mol. The van der Waals surface area contributed by atoms with Crippen molar-refractivity contribution in [2.75, 3.05) is 0 Å². The van der Waals surface area contributed by atoms with Gasteiger partial charge in [0.1, 0.15) is 5.58 Å². The van der Waals surface area contributed by atoms with Crippen LogP contribution >= 0.6 is 0 Å². The van der Waals surface area contributed by atoms with Gasteiger partial charge in [-0.2, -0.15) is 0 Å². The topological polar surface area (TPSA) is 39.2 Å². The van der Waals surface area contributed by atoms with Crippen molar-refractivity contribution in [1.82, 2.24) is 0 Å². The molecule has 0 aliphatic carbocycles. The standard InChI is InChI=1S/C18H19NO/c1-12-7-8-13(2)14(9-12)10-17(19)16-11-20-18-6-4-3-5-15(16)18/h3-9,11,17H,10,19H2,1-2H3. The number of fused-ring (bicyclic) bond motifs is 1. The summed E-state index contributed by atoms with van der Waals surface area (Å²) in [4.78, 5) is 0. The minimum atomic E-state index is -0.0425. The first-order chi connectivity index (χ1) is 9.65. The number of benzene rings is 2. The fourth-order valence-corrected chi connectivity index (χ4v) is 2.65. The Hall–Kier alpha value is -2.06. The molecule has 0 amide bonds. The maximum Gasteiger partial charge on any atom is 0.134 e. The maximum absolute atomic E-state index is 6.40. The molecule has 0 bridgehead atoms. The average molecular weight is 265 g/mol. The van der Waals surface area contributed by atoms with E-state index in [1.807, 2.05) is 18.2 Å². The van der Waals surface area contributed by atoms with Crippen molar-refractivity contribution in [3.05, 3.63) is 71.0 Å². The second kappa shape index (κ2) is 5.14. The van der Waals surface area contributed by atoms with Gasteiger partial charge in [0.15, 0.2) is 0 Å². The Morgan fingerprint density at radius 3 is 2.75 bits per heavy atom. The summed E-state index contributed by atoms with van der Waals surface area (Å²) in [5.41, 5.74) is 12.3. The number of nitrogens with two attached hydrogens (primary N) is 1. The van der Waals surface area contributed by atoms with Crippen molar-refractivity contribution in [2.24, 2.45) is 5.73 Å². The lowest BCUT2D eigenvalue weighted by Gasteiger charge is -2.13. The molecular formula is C18H19NO. The van der Waals surface area contributed by atoms with Gasteiger partial charge in [-0.15, -0.1) is 0 Å². The highest BCUT2D eigenvalue weighted by molar-refractivity contribution is 5.81. The summed E-state index contributed by atoms with van der Waals surface area (Å²) in [7, 11) is 0. The zero-order chi connectivity index (χ0) is 14.1. The fraction of sp³-hybridized carbons (Fsp3) is 0.222. The third kappa shape index (κ3) is 2.35. The molecule has 0 spiro atoms. The van der Waals surface area contributed by atoms with Crippen LogP contribution in [0.15, 0.2) is 53.1 Å². The van der Waals surface area contributed by atoms with E-state index in [1.165, 1.54) is 16.7 Å². The van der Waals surface area contributed by atoms with Crippen molar-refractivity contribution in [1.29, 1.82) is 0 Å². The van der Waals surface area contributed by atoms with Gasteiger partial charge in [0.25, 0.3) is 0 Å². The van der Waals surface area contributed by atoms with Gasteiger partial charge in [0.05, 0.1) is 6.26 Å². The summed E-state index contributed by atoms with van der Waals surface area (Å²) in [6, 6.07) is 14.5. The summed E-state index contributed by atoms with van der Waals surface area (Å²) in [5.74, 6) is 0. The van der Waals surface area contributed by atoms with Crippen LogP contribution in [0.1, 0.15) is 28.3 Å². The van der Waals surface area contributed by atoms with Crippen molar-refractivity contribution in [2.45, 2.75) is 26.3 Å². The zero-order valence-electron chi connectivity index (χ0n) is 11.9. The maximum atomic E-state index is 6.40. The molecule has 2 heteroatoms. The van der Waals surface area contributed by atoms with Gasteiger partial charge in [0, 0.05) is 17.0 Å². The molecule has 0 aliphatic heterocycles. The van der Waals surface area contributed by atoms with Gasteiger partial charge in [-0.3, -0.25) is 0 Å². The van der Waals surface area contributed by atoms with E-state index in [-0.39, 0.29) is 6.04 Å². The highest BCUT2D eigenvalue weighted by Crippen LogP contribution is 2.27. The van der Waals surface area contributed by atoms with Crippen LogP contribution in [0.25, 0.3) is 11.0 Å². The summed E-state index contributed by atoms with van der Waals surface area (Å²) in [6.07, 6.45) is 2.62. The molecule has 3 rings (SSSR count). The van der Waals surface area contributed by atoms with Crippen LogP contribution in [0.3, 0.4) is 0 Å². The fourth-order valence-electron chi connectivity index (χ4n) is 2.65. The molecule has 0 saturated carbocycles. The Labute approximate surface area is 119 Å². The molecule has 1 unspecified atom stereocenters. The summed E-state index contributed by atoms with van der Waals surface area (Å²) in [5, 5.41) is 1.12. The van der Waals surface area contributed by atoms with E-state index in [1.54, 1.807) is 6.26 Å². The lowest BCUT2D eigenvalue weighted by Crippen LogP contribution is -2.13. The zero-order valence-corrected chi connectivity index (χ0v) is 11.9. The molecule has 1 atom stereocenters. The second-order valence-corrected chi connectivity index (χ2v) is 5.43. The lowest BCUT2D eigenvalue weighted by atomic mass is 9.95. The van der Waals surface area contributed by atoms with Gasteiger partial charge in [0.2, 0.25) is 0 Å². The minimum Gasteiger partial charge on any atom is -0.464 e. The average Bonchev–Trinajstić information content (AvgIpc) is 2.87. The number of para-hydroxylation sites is 1. The van der Waals surface area contributed by atoms with Crippen LogP contribution in [-0.4, -0.2) is 0 Å². The summed E-state index contributed by atoms with van der Waals surface area (Å²) in [6.45, 7) is 4.25. The molecule has 0 aliphatic rings. The molecule has 1 heterocycles. The first-order valence-electron chi connectivity index (χ1n) is 6.93. The van der Waals surface area contributed by atoms with Crippen LogP contribution in [0, 0.1) is 13.8 Å². The quantitative estimate of drug-likeness (QED) is 0.767. The van der Waals surface area contributed by atoms with E-state index in [0.29, 0.717) is 0 Å². The minimum absolute atomic E-state index is 0.0425. The summed E-state index contributed by atoms with van der Waals surface area (Å²) < 4.78 is 5.58. The Balaban J connectivity index is 1.93. The SMILES string of the molecule is Cc1ccc(C)c(CC(N)c2coc3ccccc23)c1. The van der Waals surface area contributed by atoms with Crippen LogP contribution in [0.4, 0.5) is 0 Å². The number of furan rings is 1. The van der Waals surface area contributed by atoms with E-state index >= 15 is 0 Å².